The summed E-state index contributed by atoms with van der Waals surface area (Å²) in [7, 11) is -2.69. The number of sulfonamides is 1. The maximum absolute atomic E-state index is 12.5. The minimum Gasteiger partial charge on any atom is -0.339 e. The van der Waals surface area contributed by atoms with Gasteiger partial charge in [-0.05, 0) is 13.0 Å². The summed E-state index contributed by atoms with van der Waals surface area (Å²) in [6, 6.07) is 4.94. The van der Waals surface area contributed by atoms with Gasteiger partial charge in [-0.25, -0.2) is 8.42 Å². The number of amides is 1. The van der Waals surface area contributed by atoms with Crippen LogP contribution >= 0.6 is 0 Å². The number of nitro benzene ring substituents is 1. The van der Waals surface area contributed by atoms with Crippen LogP contribution in [0.1, 0.15) is 6.92 Å². The van der Waals surface area contributed by atoms with Crippen LogP contribution in [0.5, 0.6) is 0 Å². The quantitative estimate of drug-likeness (QED) is 0.588. The molecule has 132 valence electrons. The van der Waals surface area contributed by atoms with Crippen LogP contribution in [0.3, 0.4) is 0 Å². The molecular weight excluding hydrogens is 336 g/mol. The average molecular weight is 356 g/mol. The second-order valence-electron chi connectivity index (χ2n) is 5.71. The molecule has 0 bridgehead atoms. The van der Waals surface area contributed by atoms with Crippen molar-refractivity contribution in [2.24, 2.45) is 0 Å². The van der Waals surface area contributed by atoms with Gasteiger partial charge in [0, 0.05) is 44.9 Å². The van der Waals surface area contributed by atoms with Crippen molar-refractivity contribution in [1.82, 2.24) is 14.5 Å². The SMILES string of the molecule is CC1CN(C(=O)CN(C)S(=O)(=O)c2cccc([N+](=O)[O-])c2)CCN1. The second kappa shape index (κ2) is 7.24. The zero-order chi connectivity index (χ0) is 17.9. The lowest BCUT2D eigenvalue weighted by Gasteiger charge is -2.32. The number of nitrogens with zero attached hydrogens (tertiary/aromatic N) is 3. The van der Waals surface area contributed by atoms with E-state index in [1.165, 1.54) is 25.2 Å². The highest BCUT2D eigenvalue weighted by Crippen LogP contribution is 2.20. The molecule has 2 rings (SSSR count). The van der Waals surface area contributed by atoms with Gasteiger partial charge < -0.3 is 10.2 Å². The van der Waals surface area contributed by atoms with E-state index in [0.29, 0.717) is 19.6 Å². The van der Waals surface area contributed by atoms with E-state index in [1.807, 2.05) is 6.92 Å². The van der Waals surface area contributed by atoms with Crippen LogP contribution < -0.4 is 5.32 Å². The smallest absolute Gasteiger partial charge is 0.270 e. The predicted octanol–water partition coefficient (Wildman–Crippen LogP) is 0.0356. The van der Waals surface area contributed by atoms with Crippen LogP contribution in [0.25, 0.3) is 0 Å². The van der Waals surface area contributed by atoms with Crippen LogP contribution in [0.15, 0.2) is 29.2 Å². The number of nitro groups is 1. The highest BCUT2D eigenvalue weighted by atomic mass is 32.2. The number of hydrogen-bond acceptors (Lipinski definition) is 6. The van der Waals surface area contributed by atoms with Gasteiger partial charge in [0.15, 0.2) is 0 Å². The first-order valence-electron chi connectivity index (χ1n) is 7.44. The number of nitrogens with one attached hydrogen (secondary N) is 1. The maximum atomic E-state index is 12.5. The molecule has 0 aromatic heterocycles. The zero-order valence-corrected chi connectivity index (χ0v) is 14.3. The fourth-order valence-corrected chi connectivity index (χ4v) is 3.63. The number of carbonyl (C=O) groups is 1. The van der Waals surface area contributed by atoms with Gasteiger partial charge in [0.1, 0.15) is 0 Å². The molecule has 0 aliphatic carbocycles. The summed E-state index contributed by atoms with van der Waals surface area (Å²) < 4.78 is 25.9. The molecule has 1 heterocycles. The van der Waals surface area contributed by atoms with E-state index in [2.05, 4.69) is 5.32 Å². The van der Waals surface area contributed by atoms with E-state index in [4.69, 9.17) is 0 Å². The minimum atomic E-state index is -3.98. The van der Waals surface area contributed by atoms with Crippen molar-refractivity contribution in [3.63, 3.8) is 0 Å². The number of carbonyl (C=O) groups excluding carboxylic acids is 1. The molecule has 1 saturated heterocycles. The monoisotopic (exact) mass is 356 g/mol. The molecule has 1 unspecified atom stereocenters. The van der Waals surface area contributed by atoms with Crippen molar-refractivity contribution in [1.29, 1.82) is 0 Å². The lowest BCUT2D eigenvalue weighted by atomic mass is 10.2. The largest absolute Gasteiger partial charge is 0.339 e. The summed E-state index contributed by atoms with van der Waals surface area (Å²) in [4.78, 5) is 23.8. The van der Waals surface area contributed by atoms with Gasteiger partial charge in [0.25, 0.3) is 5.69 Å². The summed E-state index contributed by atoms with van der Waals surface area (Å²) >= 11 is 0. The molecular formula is C14H20N4O5S. The molecule has 1 atom stereocenters. The van der Waals surface area contributed by atoms with Crippen molar-refractivity contribution in [2.45, 2.75) is 17.9 Å². The third-order valence-corrected chi connectivity index (χ3v) is 5.62. The fraction of sp³-hybridized carbons (Fsp3) is 0.500. The number of benzene rings is 1. The summed E-state index contributed by atoms with van der Waals surface area (Å²) in [6.45, 7) is 3.34. The van der Waals surface area contributed by atoms with Crippen LogP contribution in [0.4, 0.5) is 5.69 Å². The first kappa shape index (κ1) is 18.3. The van der Waals surface area contributed by atoms with E-state index >= 15 is 0 Å². The van der Waals surface area contributed by atoms with Crippen molar-refractivity contribution in [3.8, 4) is 0 Å². The molecule has 1 fully saturated rings. The van der Waals surface area contributed by atoms with E-state index in [-0.39, 0.29) is 29.1 Å². The van der Waals surface area contributed by atoms with E-state index < -0.39 is 14.9 Å². The average Bonchev–Trinajstić information content (AvgIpc) is 2.54. The first-order valence-corrected chi connectivity index (χ1v) is 8.88. The van der Waals surface area contributed by atoms with Gasteiger partial charge in [-0.1, -0.05) is 6.07 Å². The number of hydrogen-bond donors (Lipinski definition) is 1. The Labute approximate surface area is 140 Å². The molecule has 24 heavy (non-hydrogen) atoms. The maximum Gasteiger partial charge on any atom is 0.270 e. The van der Waals surface area contributed by atoms with Gasteiger partial charge in [0.2, 0.25) is 15.9 Å². The number of likely N-dealkylation sites (N-methyl/N-ethyl adjacent to an activating group) is 1. The third-order valence-electron chi connectivity index (χ3n) is 3.82. The predicted molar refractivity (Wildman–Crippen MR) is 87.0 cm³/mol. The highest BCUT2D eigenvalue weighted by Gasteiger charge is 2.28. The Morgan fingerprint density at radius 3 is 2.83 bits per heavy atom. The Bertz CT molecular complexity index is 736. The Morgan fingerprint density at radius 1 is 1.50 bits per heavy atom. The van der Waals surface area contributed by atoms with Crippen molar-refractivity contribution < 1.29 is 18.1 Å². The topological polar surface area (TPSA) is 113 Å². The molecule has 1 aliphatic heterocycles. The van der Waals surface area contributed by atoms with Gasteiger partial charge in [-0.2, -0.15) is 4.31 Å². The molecule has 1 amide bonds. The van der Waals surface area contributed by atoms with Crippen LogP contribution in [0, 0.1) is 10.1 Å². The molecule has 1 aromatic rings. The lowest BCUT2D eigenvalue weighted by Crippen LogP contribution is -2.53. The van der Waals surface area contributed by atoms with Gasteiger partial charge in [0.05, 0.1) is 16.4 Å². The summed E-state index contributed by atoms with van der Waals surface area (Å²) in [5.41, 5.74) is -0.313. The Balaban J connectivity index is 2.12. The zero-order valence-electron chi connectivity index (χ0n) is 13.5. The summed E-state index contributed by atoms with van der Waals surface area (Å²) in [5, 5.41) is 14.0. The van der Waals surface area contributed by atoms with Gasteiger partial charge >= 0.3 is 0 Å². The summed E-state index contributed by atoms with van der Waals surface area (Å²) in [6.07, 6.45) is 0. The van der Waals surface area contributed by atoms with E-state index in [9.17, 15) is 23.3 Å². The number of rotatable bonds is 5. The Hall–Kier alpha value is -2.04. The van der Waals surface area contributed by atoms with E-state index in [0.717, 1.165) is 10.4 Å². The molecule has 0 spiro atoms. The van der Waals surface area contributed by atoms with Crippen LogP contribution in [-0.4, -0.2) is 67.7 Å². The van der Waals surface area contributed by atoms with Crippen LogP contribution in [0.2, 0.25) is 0 Å². The van der Waals surface area contributed by atoms with Gasteiger partial charge in [-0.3, -0.25) is 14.9 Å². The molecule has 10 heteroatoms. The lowest BCUT2D eigenvalue weighted by molar-refractivity contribution is -0.385. The van der Waals surface area contributed by atoms with Crippen molar-refractivity contribution in [2.75, 3.05) is 33.2 Å². The Kier molecular flexibility index (Phi) is 5.52. The molecule has 1 N–H and O–H groups in total. The molecule has 1 aliphatic rings. The molecule has 9 nitrogen and oxygen atoms in total. The van der Waals surface area contributed by atoms with Crippen LogP contribution in [-0.2, 0) is 14.8 Å². The number of non-ortho nitro benzene ring substituents is 1. The third kappa shape index (κ3) is 4.08. The minimum absolute atomic E-state index is 0.154. The standard InChI is InChI=1S/C14H20N4O5S/c1-11-9-17(7-6-15-11)14(19)10-16(2)24(22,23)13-5-3-4-12(8-13)18(20)21/h3-5,8,11,15H,6-7,9-10H2,1-2H3. The second-order valence-corrected chi connectivity index (χ2v) is 7.76. The Morgan fingerprint density at radius 2 is 2.21 bits per heavy atom. The molecule has 0 radical (unpaired) electrons. The van der Waals surface area contributed by atoms with E-state index in [1.54, 1.807) is 4.90 Å². The van der Waals surface area contributed by atoms with Crippen molar-refractivity contribution >= 4 is 21.6 Å². The molecule has 1 aromatic carbocycles. The summed E-state index contributed by atoms with van der Waals surface area (Å²) in [5.74, 6) is -0.292. The molecule has 0 saturated carbocycles. The number of piperazine rings is 1. The fourth-order valence-electron chi connectivity index (χ4n) is 2.47. The van der Waals surface area contributed by atoms with Gasteiger partial charge in [-0.15, -0.1) is 0 Å². The normalized spacial score (nSPS) is 18.6. The van der Waals surface area contributed by atoms with Crippen molar-refractivity contribution in [3.05, 3.63) is 34.4 Å². The first-order chi connectivity index (χ1) is 11.2. The highest BCUT2D eigenvalue weighted by molar-refractivity contribution is 7.89.